The molecule has 0 aliphatic carbocycles. The molecule has 1 aromatic carbocycles. The van der Waals surface area contributed by atoms with Crippen LogP contribution >= 0.6 is 11.8 Å². The van der Waals surface area contributed by atoms with Gasteiger partial charge in [0, 0.05) is 4.90 Å². The van der Waals surface area contributed by atoms with E-state index in [1.807, 2.05) is 19.2 Å². The minimum Gasteiger partial charge on any atom is -0.494 e. The number of hydrogen-bond donors (Lipinski definition) is 1. The van der Waals surface area contributed by atoms with Gasteiger partial charge in [-0.2, -0.15) is 0 Å². The molecule has 0 saturated carbocycles. The average molecular weight is 225 g/mol. The first kappa shape index (κ1) is 12.4. The van der Waals surface area contributed by atoms with Gasteiger partial charge in [0.1, 0.15) is 5.75 Å². The zero-order chi connectivity index (χ0) is 10.9. The van der Waals surface area contributed by atoms with Gasteiger partial charge in [0.15, 0.2) is 0 Å². The molecule has 15 heavy (non-hydrogen) atoms. The predicted molar refractivity (Wildman–Crippen MR) is 66.9 cm³/mol. The van der Waals surface area contributed by atoms with Gasteiger partial charge in [0.05, 0.1) is 6.61 Å². The lowest BCUT2D eigenvalue weighted by atomic mass is 10.3. The fraction of sp³-hybridized carbons (Fsp3) is 0.500. The van der Waals surface area contributed by atoms with Crippen LogP contribution in [0.3, 0.4) is 0 Å². The van der Waals surface area contributed by atoms with Gasteiger partial charge in [0.2, 0.25) is 0 Å². The van der Waals surface area contributed by atoms with Crippen molar-refractivity contribution in [1.29, 1.82) is 0 Å². The van der Waals surface area contributed by atoms with E-state index in [-0.39, 0.29) is 0 Å². The Hall–Kier alpha value is -0.670. The zero-order valence-corrected chi connectivity index (χ0v) is 10.3. The summed E-state index contributed by atoms with van der Waals surface area (Å²) in [5.41, 5.74) is 0. The number of thioether (sulfide) groups is 1. The van der Waals surface area contributed by atoms with Crippen LogP contribution in [0.5, 0.6) is 5.75 Å². The normalized spacial score (nSPS) is 10.3. The van der Waals surface area contributed by atoms with Crippen molar-refractivity contribution in [3.63, 3.8) is 0 Å². The Morgan fingerprint density at radius 1 is 1.20 bits per heavy atom. The van der Waals surface area contributed by atoms with Gasteiger partial charge < -0.3 is 10.1 Å². The summed E-state index contributed by atoms with van der Waals surface area (Å²) in [6, 6.07) is 8.25. The molecule has 0 bridgehead atoms. The smallest absolute Gasteiger partial charge is 0.119 e. The maximum Gasteiger partial charge on any atom is 0.119 e. The minimum atomic E-state index is 0.806. The molecule has 0 unspecified atom stereocenters. The van der Waals surface area contributed by atoms with Gasteiger partial charge in [-0.05, 0) is 57.0 Å². The largest absolute Gasteiger partial charge is 0.494 e. The molecule has 1 rings (SSSR count). The summed E-state index contributed by atoms with van der Waals surface area (Å²) in [7, 11) is 1.97. The summed E-state index contributed by atoms with van der Waals surface area (Å²) in [5, 5.41) is 3.12. The van der Waals surface area contributed by atoms with Crippen LogP contribution in [0.15, 0.2) is 29.2 Å². The van der Waals surface area contributed by atoms with Crippen molar-refractivity contribution < 1.29 is 4.74 Å². The topological polar surface area (TPSA) is 21.3 Å². The summed E-state index contributed by atoms with van der Waals surface area (Å²) in [6.07, 6.45) is 4.35. The number of ether oxygens (including phenoxy) is 1. The number of hydrogen-bond acceptors (Lipinski definition) is 3. The van der Waals surface area contributed by atoms with Crippen LogP contribution in [-0.2, 0) is 0 Å². The van der Waals surface area contributed by atoms with Gasteiger partial charge in [0.25, 0.3) is 0 Å². The van der Waals surface area contributed by atoms with E-state index in [4.69, 9.17) is 4.74 Å². The number of rotatable bonds is 7. The molecule has 0 heterocycles. The average Bonchev–Trinajstić information content (AvgIpc) is 2.30. The van der Waals surface area contributed by atoms with E-state index in [0.29, 0.717) is 0 Å². The molecule has 0 amide bonds. The van der Waals surface area contributed by atoms with E-state index in [1.54, 1.807) is 11.8 Å². The maximum atomic E-state index is 5.62. The highest BCUT2D eigenvalue weighted by Crippen LogP contribution is 2.18. The van der Waals surface area contributed by atoms with Crippen molar-refractivity contribution in [1.82, 2.24) is 5.32 Å². The molecule has 0 saturated heterocycles. The van der Waals surface area contributed by atoms with Gasteiger partial charge in [-0.15, -0.1) is 11.8 Å². The van der Waals surface area contributed by atoms with E-state index in [9.17, 15) is 0 Å². The third kappa shape index (κ3) is 5.09. The molecule has 0 fully saturated rings. The van der Waals surface area contributed by atoms with Crippen LogP contribution in [0.4, 0.5) is 0 Å². The first-order chi connectivity index (χ1) is 7.36. The SMILES string of the molecule is CNCCCCOc1ccc(SC)cc1. The lowest BCUT2D eigenvalue weighted by Gasteiger charge is -2.06. The first-order valence-electron chi connectivity index (χ1n) is 5.28. The summed E-state index contributed by atoms with van der Waals surface area (Å²) < 4.78 is 5.62. The van der Waals surface area contributed by atoms with Crippen molar-refractivity contribution in [3.05, 3.63) is 24.3 Å². The molecule has 1 aromatic rings. The van der Waals surface area contributed by atoms with E-state index in [1.165, 1.54) is 11.3 Å². The molecule has 0 atom stereocenters. The molecule has 0 aliphatic heterocycles. The van der Waals surface area contributed by atoms with E-state index < -0.39 is 0 Å². The van der Waals surface area contributed by atoms with Crippen molar-refractivity contribution in [2.45, 2.75) is 17.7 Å². The summed E-state index contributed by atoms with van der Waals surface area (Å²) >= 11 is 1.75. The van der Waals surface area contributed by atoms with Crippen LogP contribution in [0, 0.1) is 0 Å². The molecular weight excluding hydrogens is 206 g/mol. The van der Waals surface area contributed by atoms with Crippen molar-refractivity contribution in [3.8, 4) is 5.75 Å². The molecule has 0 aromatic heterocycles. The molecule has 0 spiro atoms. The quantitative estimate of drug-likeness (QED) is 0.569. The monoisotopic (exact) mass is 225 g/mol. The molecule has 84 valence electrons. The van der Waals surface area contributed by atoms with Gasteiger partial charge in [-0.25, -0.2) is 0 Å². The number of unbranched alkanes of at least 4 members (excludes halogenated alkanes) is 1. The van der Waals surface area contributed by atoms with Crippen LogP contribution < -0.4 is 10.1 Å². The lowest BCUT2D eigenvalue weighted by molar-refractivity contribution is 0.306. The molecule has 1 N–H and O–H groups in total. The molecule has 0 aliphatic rings. The van der Waals surface area contributed by atoms with Gasteiger partial charge >= 0.3 is 0 Å². The zero-order valence-electron chi connectivity index (χ0n) is 9.45. The molecule has 2 nitrogen and oxygen atoms in total. The maximum absolute atomic E-state index is 5.62. The first-order valence-corrected chi connectivity index (χ1v) is 6.50. The Morgan fingerprint density at radius 3 is 2.53 bits per heavy atom. The summed E-state index contributed by atoms with van der Waals surface area (Å²) in [4.78, 5) is 1.28. The fourth-order valence-electron chi connectivity index (χ4n) is 1.27. The number of nitrogens with one attached hydrogen (secondary N) is 1. The second-order valence-corrected chi connectivity index (χ2v) is 4.21. The van der Waals surface area contributed by atoms with Crippen molar-refractivity contribution in [2.24, 2.45) is 0 Å². The Labute approximate surface area is 96.4 Å². The highest BCUT2D eigenvalue weighted by Gasteiger charge is 1.94. The Balaban J connectivity index is 2.20. The van der Waals surface area contributed by atoms with Gasteiger partial charge in [-0.1, -0.05) is 0 Å². The van der Waals surface area contributed by atoms with Crippen LogP contribution in [0.1, 0.15) is 12.8 Å². The van der Waals surface area contributed by atoms with E-state index in [0.717, 1.165) is 25.3 Å². The Bertz CT molecular complexity index is 261. The van der Waals surface area contributed by atoms with Crippen molar-refractivity contribution >= 4 is 11.8 Å². The molecule has 0 radical (unpaired) electrons. The Kier molecular flexibility index (Phi) is 6.28. The fourth-order valence-corrected chi connectivity index (χ4v) is 1.67. The predicted octanol–water partition coefficient (Wildman–Crippen LogP) is 2.79. The lowest BCUT2D eigenvalue weighted by Crippen LogP contribution is -2.09. The standard InChI is InChI=1S/C12H19NOS/c1-13-9-3-4-10-14-11-5-7-12(15-2)8-6-11/h5-8,13H,3-4,9-10H2,1-2H3. The number of benzene rings is 1. The van der Waals surface area contributed by atoms with Crippen LogP contribution in [0.2, 0.25) is 0 Å². The second-order valence-electron chi connectivity index (χ2n) is 3.33. The Morgan fingerprint density at radius 2 is 1.93 bits per heavy atom. The highest BCUT2D eigenvalue weighted by molar-refractivity contribution is 7.98. The molecular formula is C12H19NOS. The summed E-state index contributed by atoms with van der Waals surface area (Å²) in [6.45, 7) is 1.87. The third-order valence-electron chi connectivity index (χ3n) is 2.15. The van der Waals surface area contributed by atoms with E-state index >= 15 is 0 Å². The van der Waals surface area contributed by atoms with Gasteiger partial charge in [-0.3, -0.25) is 0 Å². The minimum absolute atomic E-state index is 0.806. The molecule has 3 heteroatoms. The third-order valence-corrected chi connectivity index (χ3v) is 2.89. The van der Waals surface area contributed by atoms with Crippen LogP contribution in [-0.4, -0.2) is 26.5 Å². The summed E-state index contributed by atoms with van der Waals surface area (Å²) in [5.74, 6) is 0.970. The van der Waals surface area contributed by atoms with Crippen molar-refractivity contribution in [2.75, 3.05) is 26.5 Å². The van der Waals surface area contributed by atoms with E-state index in [2.05, 4.69) is 23.7 Å². The second kappa shape index (κ2) is 7.60. The van der Waals surface area contributed by atoms with Crippen LogP contribution in [0.25, 0.3) is 0 Å². The highest BCUT2D eigenvalue weighted by atomic mass is 32.2.